The minimum absolute atomic E-state index is 0.248. The predicted molar refractivity (Wildman–Crippen MR) is 75.3 cm³/mol. The molecule has 2 heterocycles. The Hall–Kier alpha value is -1.49. The van der Waals surface area contributed by atoms with Crippen LogP contribution in [-0.4, -0.2) is 16.4 Å². The summed E-state index contributed by atoms with van der Waals surface area (Å²) >= 11 is 1.74. The third kappa shape index (κ3) is 2.67. The topological polar surface area (TPSA) is 53.1 Å². The average molecular weight is 265 g/mol. The van der Waals surface area contributed by atoms with Gasteiger partial charge in [-0.15, -0.1) is 11.3 Å². The van der Waals surface area contributed by atoms with Crippen LogP contribution in [0.3, 0.4) is 0 Å². The maximum absolute atomic E-state index is 5.99. The minimum atomic E-state index is 0.248. The zero-order valence-electron chi connectivity index (χ0n) is 11.0. The summed E-state index contributed by atoms with van der Waals surface area (Å²) in [5, 5.41) is 6.47. The first kappa shape index (κ1) is 13.0. The third-order valence-electron chi connectivity index (χ3n) is 2.74. The molecule has 0 unspecified atom stereocenters. The molecule has 4 nitrogen and oxygen atoms in total. The number of nitrogen functional groups attached to an aromatic ring is 1. The van der Waals surface area contributed by atoms with E-state index in [0.717, 1.165) is 12.1 Å². The molecule has 2 rings (SSSR count). The second-order valence-corrected chi connectivity index (χ2v) is 5.55. The van der Waals surface area contributed by atoms with Crippen LogP contribution in [0.2, 0.25) is 0 Å². The predicted octanol–water partition coefficient (Wildman–Crippen LogP) is 3.04. The van der Waals surface area contributed by atoms with Gasteiger partial charge in [0.25, 0.3) is 0 Å². The van der Waals surface area contributed by atoms with Crippen LogP contribution < -0.4 is 10.5 Å². The normalized spacial score (nSPS) is 11.1. The fourth-order valence-corrected chi connectivity index (χ4v) is 2.43. The van der Waals surface area contributed by atoms with Gasteiger partial charge in [0, 0.05) is 11.3 Å². The lowest BCUT2D eigenvalue weighted by Gasteiger charge is -2.12. The van der Waals surface area contributed by atoms with Crippen molar-refractivity contribution in [2.75, 3.05) is 12.3 Å². The van der Waals surface area contributed by atoms with Crippen LogP contribution in [0.5, 0.6) is 5.88 Å². The van der Waals surface area contributed by atoms with Gasteiger partial charge in [0.2, 0.25) is 5.88 Å². The van der Waals surface area contributed by atoms with E-state index in [0.29, 0.717) is 18.2 Å². The summed E-state index contributed by atoms with van der Waals surface area (Å²) in [4.78, 5) is 1.32. The number of anilines is 1. The minimum Gasteiger partial charge on any atom is -0.476 e. The lowest BCUT2D eigenvalue weighted by Crippen LogP contribution is -2.10. The SMILES string of the molecule is Cc1nn(C(C)C)c(OCCc2cccs2)c1N. The van der Waals surface area contributed by atoms with Gasteiger partial charge < -0.3 is 10.5 Å². The number of hydrogen-bond donors (Lipinski definition) is 1. The van der Waals surface area contributed by atoms with Crippen LogP contribution in [0.1, 0.15) is 30.5 Å². The molecule has 0 fully saturated rings. The van der Waals surface area contributed by atoms with Crippen LogP contribution in [0.15, 0.2) is 17.5 Å². The van der Waals surface area contributed by atoms with Gasteiger partial charge >= 0.3 is 0 Å². The number of thiophene rings is 1. The van der Waals surface area contributed by atoms with Gasteiger partial charge in [0.05, 0.1) is 18.3 Å². The number of hydrogen-bond acceptors (Lipinski definition) is 4. The van der Waals surface area contributed by atoms with Crippen LogP contribution in [0.4, 0.5) is 5.69 Å². The third-order valence-corrected chi connectivity index (χ3v) is 3.68. The highest BCUT2D eigenvalue weighted by Gasteiger charge is 2.15. The van der Waals surface area contributed by atoms with E-state index in [2.05, 4.69) is 36.5 Å². The van der Waals surface area contributed by atoms with Crippen molar-refractivity contribution < 1.29 is 4.74 Å². The monoisotopic (exact) mass is 265 g/mol. The molecule has 0 aliphatic rings. The first-order valence-electron chi connectivity index (χ1n) is 6.09. The van der Waals surface area contributed by atoms with Crippen molar-refractivity contribution in [2.45, 2.75) is 33.2 Å². The summed E-state index contributed by atoms with van der Waals surface area (Å²) in [5.74, 6) is 0.694. The number of aromatic nitrogens is 2. The molecule has 0 radical (unpaired) electrons. The number of rotatable bonds is 5. The molecule has 2 N–H and O–H groups in total. The molecule has 0 saturated carbocycles. The molecular weight excluding hydrogens is 246 g/mol. The standard InChI is InChI=1S/C13H19N3OS/c1-9(2)16-13(12(14)10(3)15-16)17-7-6-11-5-4-8-18-11/h4-5,8-9H,6-7,14H2,1-3H3. The Labute approximate surface area is 111 Å². The summed E-state index contributed by atoms with van der Waals surface area (Å²) < 4.78 is 7.65. The van der Waals surface area contributed by atoms with Crippen molar-refractivity contribution in [3.8, 4) is 5.88 Å². The molecule has 0 aromatic carbocycles. The van der Waals surface area contributed by atoms with Crippen molar-refractivity contribution in [3.63, 3.8) is 0 Å². The summed E-state index contributed by atoms with van der Waals surface area (Å²) in [6.07, 6.45) is 0.902. The maximum Gasteiger partial charge on any atom is 0.236 e. The molecule has 98 valence electrons. The van der Waals surface area contributed by atoms with E-state index in [9.17, 15) is 0 Å². The highest BCUT2D eigenvalue weighted by atomic mass is 32.1. The van der Waals surface area contributed by atoms with Crippen LogP contribution >= 0.6 is 11.3 Å². The molecule has 0 atom stereocenters. The molecule has 5 heteroatoms. The van der Waals surface area contributed by atoms with Gasteiger partial charge in [-0.05, 0) is 32.2 Å². The van der Waals surface area contributed by atoms with Crippen molar-refractivity contribution in [1.82, 2.24) is 9.78 Å². The van der Waals surface area contributed by atoms with Crippen molar-refractivity contribution in [2.24, 2.45) is 0 Å². The fourth-order valence-electron chi connectivity index (χ4n) is 1.74. The zero-order valence-corrected chi connectivity index (χ0v) is 11.8. The Balaban J connectivity index is 2.04. The fraction of sp³-hybridized carbons (Fsp3) is 0.462. The van der Waals surface area contributed by atoms with E-state index in [4.69, 9.17) is 10.5 Å². The second kappa shape index (κ2) is 5.44. The lowest BCUT2D eigenvalue weighted by atomic mass is 10.3. The molecule has 0 aliphatic carbocycles. The van der Waals surface area contributed by atoms with E-state index in [1.165, 1.54) is 4.88 Å². The largest absolute Gasteiger partial charge is 0.476 e. The smallest absolute Gasteiger partial charge is 0.236 e. The van der Waals surface area contributed by atoms with Crippen molar-refractivity contribution >= 4 is 17.0 Å². The molecule has 0 amide bonds. The van der Waals surface area contributed by atoms with Crippen molar-refractivity contribution in [1.29, 1.82) is 0 Å². The van der Waals surface area contributed by atoms with Crippen LogP contribution in [0, 0.1) is 6.92 Å². The van der Waals surface area contributed by atoms with Crippen LogP contribution in [-0.2, 0) is 6.42 Å². The highest BCUT2D eigenvalue weighted by molar-refractivity contribution is 7.09. The summed E-state index contributed by atoms with van der Waals surface area (Å²) in [6, 6.07) is 4.41. The summed E-state index contributed by atoms with van der Waals surface area (Å²) in [7, 11) is 0. The van der Waals surface area contributed by atoms with Crippen molar-refractivity contribution in [3.05, 3.63) is 28.1 Å². The molecule has 0 spiro atoms. The second-order valence-electron chi connectivity index (χ2n) is 4.52. The molecular formula is C13H19N3OS. The molecule has 2 aromatic rings. The van der Waals surface area contributed by atoms with Gasteiger partial charge in [0.1, 0.15) is 5.69 Å². The number of ether oxygens (including phenoxy) is 1. The van der Waals surface area contributed by atoms with E-state index in [1.807, 2.05) is 11.6 Å². The number of nitrogens with zero attached hydrogens (tertiary/aromatic N) is 2. The number of nitrogens with two attached hydrogens (primary N) is 1. The average Bonchev–Trinajstić information content (AvgIpc) is 2.92. The van der Waals surface area contributed by atoms with E-state index < -0.39 is 0 Å². The first-order chi connectivity index (χ1) is 8.59. The summed E-state index contributed by atoms with van der Waals surface area (Å²) in [5.41, 5.74) is 7.47. The van der Waals surface area contributed by atoms with Gasteiger partial charge in [-0.3, -0.25) is 0 Å². The van der Waals surface area contributed by atoms with E-state index >= 15 is 0 Å². The maximum atomic E-state index is 5.99. The molecule has 0 saturated heterocycles. The van der Waals surface area contributed by atoms with Gasteiger partial charge in [-0.1, -0.05) is 6.07 Å². The first-order valence-corrected chi connectivity index (χ1v) is 6.97. The van der Waals surface area contributed by atoms with Gasteiger partial charge in [0.15, 0.2) is 0 Å². The highest BCUT2D eigenvalue weighted by Crippen LogP contribution is 2.28. The quantitative estimate of drug-likeness (QED) is 0.904. The Morgan fingerprint density at radius 2 is 2.28 bits per heavy atom. The zero-order chi connectivity index (χ0) is 13.1. The van der Waals surface area contributed by atoms with E-state index in [-0.39, 0.29) is 6.04 Å². The van der Waals surface area contributed by atoms with Crippen LogP contribution in [0.25, 0.3) is 0 Å². The van der Waals surface area contributed by atoms with Gasteiger partial charge in [-0.25, -0.2) is 4.68 Å². The molecule has 2 aromatic heterocycles. The number of aryl methyl sites for hydroxylation is 1. The molecule has 0 bridgehead atoms. The van der Waals surface area contributed by atoms with Gasteiger partial charge in [-0.2, -0.15) is 5.10 Å². The van der Waals surface area contributed by atoms with E-state index in [1.54, 1.807) is 11.3 Å². The molecule has 18 heavy (non-hydrogen) atoms. The Morgan fingerprint density at radius 3 is 2.89 bits per heavy atom. The molecule has 0 aliphatic heterocycles. The Kier molecular flexibility index (Phi) is 3.91. The lowest BCUT2D eigenvalue weighted by molar-refractivity contribution is 0.281. The summed E-state index contributed by atoms with van der Waals surface area (Å²) in [6.45, 7) is 6.67. The Bertz CT molecular complexity index is 503. The Morgan fingerprint density at radius 1 is 1.50 bits per heavy atom.